The molecule has 1 aromatic heterocycles. The van der Waals surface area contributed by atoms with Crippen LogP contribution in [-0.4, -0.2) is 16.2 Å². The van der Waals surface area contributed by atoms with E-state index in [0.717, 1.165) is 18.5 Å². The molecule has 0 bridgehead atoms. The molecule has 0 saturated heterocycles. The summed E-state index contributed by atoms with van der Waals surface area (Å²) in [5, 5.41) is 10.5. The molecular formula is C16H25NO. The quantitative estimate of drug-likeness (QED) is 0.863. The van der Waals surface area contributed by atoms with Crippen LogP contribution in [0.1, 0.15) is 57.2 Å². The van der Waals surface area contributed by atoms with Crippen LogP contribution in [0.5, 0.6) is 0 Å². The van der Waals surface area contributed by atoms with Gasteiger partial charge in [0.05, 0.1) is 6.10 Å². The third-order valence-electron chi connectivity index (χ3n) is 4.71. The minimum Gasteiger partial charge on any atom is -0.392 e. The maximum atomic E-state index is 10.5. The van der Waals surface area contributed by atoms with Gasteiger partial charge in [0, 0.05) is 18.3 Å². The third-order valence-corrected chi connectivity index (χ3v) is 4.71. The first-order chi connectivity index (χ1) is 8.70. The average molecular weight is 247 g/mol. The number of aliphatic hydroxyl groups excluding tert-OH is 1. The lowest BCUT2D eigenvalue weighted by atomic mass is 9.76. The second-order valence-electron chi connectivity index (χ2n) is 5.65. The fourth-order valence-electron chi connectivity index (χ4n) is 3.20. The molecule has 100 valence electrons. The maximum Gasteiger partial charge on any atom is 0.0651 e. The zero-order valence-corrected chi connectivity index (χ0v) is 11.7. The Morgan fingerprint density at radius 3 is 2.50 bits per heavy atom. The lowest BCUT2D eigenvalue weighted by molar-refractivity contribution is 0.0250. The normalized spacial score (nSPS) is 19.9. The van der Waals surface area contributed by atoms with Crippen LogP contribution in [0, 0.1) is 5.41 Å². The van der Waals surface area contributed by atoms with Crippen LogP contribution < -0.4 is 0 Å². The molecule has 1 atom stereocenters. The average Bonchev–Trinajstić information content (AvgIpc) is 2.89. The zero-order valence-electron chi connectivity index (χ0n) is 11.7. The fourth-order valence-corrected chi connectivity index (χ4v) is 3.20. The van der Waals surface area contributed by atoms with Gasteiger partial charge < -0.3 is 5.11 Å². The number of aromatic nitrogens is 1. The number of hydrogen-bond donors (Lipinski definition) is 1. The highest BCUT2D eigenvalue weighted by Crippen LogP contribution is 2.44. The molecule has 1 aliphatic carbocycles. The summed E-state index contributed by atoms with van der Waals surface area (Å²) >= 11 is 0. The van der Waals surface area contributed by atoms with Crippen LogP contribution in [0.2, 0.25) is 0 Å². The summed E-state index contributed by atoms with van der Waals surface area (Å²) < 4.78 is 0. The third kappa shape index (κ3) is 2.74. The molecule has 1 saturated carbocycles. The molecule has 2 rings (SSSR count). The van der Waals surface area contributed by atoms with Crippen molar-refractivity contribution in [2.45, 2.75) is 64.9 Å². The standard InChI is InChI=1S/C16H25NO/c1-3-13-7-8-14(17-12-13)11-15(18)16(4-2)9-5-6-10-16/h7-8,12,15,18H,3-6,9-11H2,1-2H3. The van der Waals surface area contributed by atoms with Crippen molar-refractivity contribution in [3.05, 3.63) is 29.6 Å². The molecule has 1 aromatic rings. The highest BCUT2D eigenvalue weighted by molar-refractivity contribution is 5.15. The highest BCUT2D eigenvalue weighted by Gasteiger charge is 2.38. The van der Waals surface area contributed by atoms with E-state index in [1.807, 2.05) is 6.20 Å². The molecule has 2 nitrogen and oxygen atoms in total. The topological polar surface area (TPSA) is 33.1 Å². The Kier molecular flexibility index (Phi) is 4.39. The van der Waals surface area contributed by atoms with Crippen molar-refractivity contribution in [2.75, 3.05) is 0 Å². The van der Waals surface area contributed by atoms with Crippen LogP contribution in [0.25, 0.3) is 0 Å². The van der Waals surface area contributed by atoms with Gasteiger partial charge in [0.1, 0.15) is 0 Å². The molecule has 0 aromatic carbocycles. The van der Waals surface area contributed by atoms with Crippen molar-refractivity contribution in [1.29, 1.82) is 0 Å². The molecule has 0 amide bonds. The first-order valence-corrected chi connectivity index (χ1v) is 7.32. The molecule has 0 spiro atoms. The van der Waals surface area contributed by atoms with Crippen LogP contribution in [-0.2, 0) is 12.8 Å². The Labute approximate surface area is 110 Å². The number of pyridine rings is 1. The van der Waals surface area contributed by atoms with Crippen molar-refractivity contribution in [1.82, 2.24) is 4.98 Å². The van der Waals surface area contributed by atoms with Crippen LogP contribution in [0.15, 0.2) is 18.3 Å². The zero-order chi connectivity index (χ0) is 13.0. The molecular weight excluding hydrogens is 222 g/mol. The summed E-state index contributed by atoms with van der Waals surface area (Å²) in [6, 6.07) is 4.20. The van der Waals surface area contributed by atoms with E-state index in [-0.39, 0.29) is 11.5 Å². The number of rotatable bonds is 5. The summed E-state index contributed by atoms with van der Waals surface area (Å²) in [6.07, 6.45) is 9.42. The maximum absolute atomic E-state index is 10.5. The van der Waals surface area contributed by atoms with E-state index in [1.54, 1.807) is 0 Å². The molecule has 2 heteroatoms. The van der Waals surface area contributed by atoms with Gasteiger partial charge in [0.2, 0.25) is 0 Å². The summed E-state index contributed by atoms with van der Waals surface area (Å²) in [5.41, 5.74) is 2.45. The van der Waals surface area contributed by atoms with Gasteiger partial charge in [-0.1, -0.05) is 32.8 Å². The van der Waals surface area contributed by atoms with Gasteiger partial charge >= 0.3 is 0 Å². The van der Waals surface area contributed by atoms with Gasteiger partial charge in [-0.15, -0.1) is 0 Å². The lowest BCUT2D eigenvalue weighted by Crippen LogP contribution is -2.34. The Bertz CT molecular complexity index is 365. The predicted octanol–water partition coefficient (Wildman–Crippen LogP) is 3.52. The van der Waals surface area contributed by atoms with Crippen LogP contribution >= 0.6 is 0 Å². The van der Waals surface area contributed by atoms with Gasteiger partial charge in [-0.3, -0.25) is 4.98 Å². The van der Waals surface area contributed by atoms with E-state index in [4.69, 9.17) is 0 Å². The summed E-state index contributed by atoms with van der Waals surface area (Å²) in [7, 11) is 0. The predicted molar refractivity (Wildman–Crippen MR) is 74.5 cm³/mol. The molecule has 1 fully saturated rings. The molecule has 1 aliphatic rings. The Balaban J connectivity index is 2.03. The molecule has 18 heavy (non-hydrogen) atoms. The first kappa shape index (κ1) is 13.5. The van der Waals surface area contributed by atoms with Gasteiger partial charge in [-0.25, -0.2) is 0 Å². The summed E-state index contributed by atoms with van der Waals surface area (Å²) in [5.74, 6) is 0. The monoisotopic (exact) mass is 247 g/mol. The fraction of sp³-hybridized carbons (Fsp3) is 0.688. The molecule has 0 aliphatic heterocycles. The number of aryl methyl sites for hydroxylation is 1. The van der Waals surface area contributed by atoms with E-state index in [2.05, 4.69) is 31.0 Å². The van der Waals surface area contributed by atoms with E-state index in [9.17, 15) is 5.11 Å². The Morgan fingerprint density at radius 2 is 2.00 bits per heavy atom. The molecule has 1 unspecified atom stereocenters. The van der Waals surface area contributed by atoms with E-state index in [0.29, 0.717) is 6.42 Å². The minimum atomic E-state index is -0.232. The van der Waals surface area contributed by atoms with Crippen molar-refractivity contribution in [3.8, 4) is 0 Å². The number of hydrogen-bond acceptors (Lipinski definition) is 2. The van der Waals surface area contributed by atoms with Crippen molar-refractivity contribution in [3.63, 3.8) is 0 Å². The van der Waals surface area contributed by atoms with Gasteiger partial charge in [0.15, 0.2) is 0 Å². The molecule has 1 N–H and O–H groups in total. The SMILES string of the molecule is CCc1ccc(CC(O)C2(CC)CCCC2)nc1. The number of aliphatic hydroxyl groups is 1. The van der Waals surface area contributed by atoms with Gasteiger partial charge in [-0.05, 0) is 42.7 Å². The summed E-state index contributed by atoms with van der Waals surface area (Å²) in [4.78, 5) is 4.47. The number of nitrogens with zero attached hydrogens (tertiary/aromatic N) is 1. The highest BCUT2D eigenvalue weighted by atomic mass is 16.3. The second-order valence-corrected chi connectivity index (χ2v) is 5.65. The van der Waals surface area contributed by atoms with Crippen molar-refractivity contribution < 1.29 is 5.11 Å². The van der Waals surface area contributed by atoms with Crippen LogP contribution in [0.3, 0.4) is 0 Å². The van der Waals surface area contributed by atoms with Gasteiger partial charge in [-0.2, -0.15) is 0 Å². The Hall–Kier alpha value is -0.890. The lowest BCUT2D eigenvalue weighted by Gasteiger charge is -2.33. The minimum absolute atomic E-state index is 0.158. The largest absolute Gasteiger partial charge is 0.392 e. The Morgan fingerprint density at radius 1 is 1.28 bits per heavy atom. The molecule has 1 heterocycles. The van der Waals surface area contributed by atoms with E-state index < -0.39 is 0 Å². The van der Waals surface area contributed by atoms with E-state index in [1.165, 1.54) is 31.2 Å². The summed E-state index contributed by atoms with van der Waals surface area (Å²) in [6.45, 7) is 4.35. The molecule has 0 radical (unpaired) electrons. The van der Waals surface area contributed by atoms with E-state index >= 15 is 0 Å². The second kappa shape index (κ2) is 5.83. The first-order valence-electron chi connectivity index (χ1n) is 7.32. The van der Waals surface area contributed by atoms with Gasteiger partial charge in [0.25, 0.3) is 0 Å². The smallest absolute Gasteiger partial charge is 0.0651 e. The van der Waals surface area contributed by atoms with Crippen LogP contribution in [0.4, 0.5) is 0 Å². The van der Waals surface area contributed by atoms with Crippen molar-refractivity contribution >= 4 is 0 Å². The van der Waals surface area contributed by atoms with Crippen molar-refractivity contribution in [2.24, 2.45) is 5.41 Å².